The first-order chi connectivity index (χ1) is 21.6. The average Bonchev–Trinajstić information content (AvgIpc) is 3.52. The second-order valence-electron chi connectivity index (χ2n) is 12.9. The maximum absolute atomic E-state index is 14.8. The van der Waals surface area contributed by atoms with Crippen LogP contribution in [0.1, 0.15) is 69.2 Å². The lowest BCUT2D eigenvalue weighted by Crippen LogP contribution is -2.51. The summed E-state index contributed by atoms with van der Waals surface area (Å²) in [5, 5.41) is 8.87. The van der Waals surface area contributed by atoms with Crippen LogP contribution in [0.2, 0.25) is 0 Å². The van der Waals surface area contributed by atoms with Crippen LogP contribution >= 0.6 is 16.4 Å². The van der Waals surface area contributed by atoms with E-state index in [0.29, 0.717) is 43.6 Å². The molecule has 4 rings (SSSR count). The van der Waals surface area contributed by atoms with Gasteiger partial charge in [0, 0.05) is 40.4 Å². The number of alkyl halides is 2. The molecule has 0 spiro atoms. The number of halogens is 2. The van der Waals surface area contributed by atoms with Gasteiger partial charge in [0.05, 0.1) is 5.92 Å². The molecule has 2 aromatic carbocycles. The normalized spacial score (nSPS) is 19.7. The summed E-state index contributed by atoms with van der Waals surface area (Å²) in [5.41, 5.74) is -2.08. The van der Waals surface area contributed by atoms with Gasteiger partial charge in [-0.05, 0) is 66.6 Å². The van der Waals surface area contributed by atoms with Crippen LogP contribution in [0.3, 0.4) is 0 Å². The molecule has 2 aliphatic rings. The van der Waals surface area contributed by atoms with Crippen LogP contribution in [0.5, 0.6) is 0 Å². The quantitative estimate of drug-likeness (QED) is 0.115. The topological polar surface area (TPSA) is 113 Å². The summed E-state index contributed by atoms with van der Waals surface area (Å²) in [5.74, 6) is -1.29. The van der Waals surface area contributed by atoms with Gasteiger partial charge in [-0.1, -0.05) is 69.3 Å². The lowest BCUT2D eigenvalue weighted by atomic mass is 9.76. The number of hydrogen-bond acceptors (Lipinski definition) is 7. The van der Waals surface area contributed by atoms with E-state index in [-0.39, 0.29) is 24.0 Å². The van der Waals surface area contributed by atoms with Gasteiger partial charge in [-0.2, -0.15) is 8.78 Å². The Kier molecular flexibility index (Phi) is 11.4. The number of ketones is 1. The smallest absolute Gasteiger partial charge is 0.336 e. The zero-order valence-corrected chi connectivity index (χ0v) is 28.7. The van der Waals surface area contributed by atoms with Crippen molar-refractivity contribution in [3.8, 4) is 0 Å². The SMILES string of the molecule is CPOP(=O)(OO)C(F)(F)c1ccc(/C(C)=C/C(=O)C[C@H](C(=O)N2CCCC2C(=O)N2CCc3ccccc3C2)C(C)(C)C)cc1. The van der Waals surface area contributed by atoms with Crippen LogP contribution < -0.4 is 0 Å². The van der Waals surface area contributed by atoms with Crippen LogP contribution in [0, 0.1) is 11.3 Å². The Morgan fingerprint density at radius 2 is 1.74 bits per heavy atom. The van der Waals surface area contributed by atoms with Crippen molar-refractivity contribution in [2.24, 2.45) is 11.3 Å². The van der Waals surface area contributed by atoms with Gasteiger partial charge >= 0.3 is 13.3 Å². The molecule has 0 aliphatic carbocycles. The molecule has 2 amide bonds. The highest BCUT2D eigenvalue weighted by Crippen LogP contribution is 2.68. The third kappa shape index (κ3) is 7.66. The fourth-order valence-corrected chi connectivity index (χ4v) is 8.19. The minimum atomic E-state index is -5.16. The predicted molar refractivity (Wildman–Crippen MR) is 173 cm³/mol. The molecule has 3 unspecified atom stereocenters. The Balaban J connectivity index is 1.47. The molecule has 4 atom stereocenters. The maximum atomic E-state index is 14.8. The van der Waals surface area contributed by atoms with E-state index in [2.05, 4.69) is 15.1 Å². The van der Waals surface area contributed by atoms with Gasteiger partial charge in [-0.25, -0.2) is 5.26 Å². The highest BCUT2D eigenvalue weighted by atomic mass is 31.2. The third-order valence-corrected chi connectivity index (χ3v) is 11.6. The summed E-state index contributed by atoms with van der Waals surface area (Å²) in [6.45, 7) is 10.3. The fourth-order valence-electron chi connectivity index (χ4n) is 6.07. The molecule has 1 saturated heterocycles. The Morgan fingerprint density at radius 3 is 2.35 bits per heavy atom. The summed E-state index contributed by atoms with van der Waals surface area (Å²) < 4.78 is 50.2. The van der Waals surface area contributed by atoms with Crippen LogP contribution in [0.4, 0.5) is 8.78 Å². The lowest BCUT2D eigenvalue weighted by Gasteiger charge is -2.37. The minimum absolute atomic E-state index is 0.0623. The number of nitrogens with zero attached hydrogens (tertiary/aromatic N) is 2. The van der Waals surface area contributed by atoms with Gasteiger partial charge in [0.15, 0.2) is 5.78 Å². The number of carbonyl (C=O) groups is 3. The molecular formula is C33H42F2N2O7P2. The van der Waals surface area contributed by atoms with E-state index in [4.69, 9.17) is 5.26 Å². The molecule has 46 heavy (non-hydrogen) atoms. The van der Waals surface area contributed by atoms with Crippen molar-refractivity contribution in [2.75, 3.05) is 19.8 Å². The second-order valence-corrected chi connectivity index (χ2v) is 15.7. The molecular weight excluding hydrogens is 636 g/mol. The first-order valence-corrected chi connectivity index (χ1v) is 18.2. The molecule has 2 aliphatic heterocycles. The number of rotatable bonds is 11. The molecule has 0 bridgehead atoms. The van der Waals surface area contributed by atoms with Crippen LogP contribution in [-0.2, 0) is 46.6 Å². The number of likely N-dealkylation sites (tertiary alicyclic amines) is 1. The minimum Gasteiger partial charge on any atom is -0.336 e. The zero-order valence-electron chi connectivity index (χ0n) is 26.8. The van der Waals surface area contributed by atoms with Gasteiger partial charge in [-0.15, -0.1) is 4.67 Å². The predicted octanol–water partition coefficient (Wildman–Crippen LogP) is 7.26. The van der Waals surface area contributed by atoms with E-state index in [1.807, 2.05) is 43.9 Å². The summed E-state index contributed by atoms with van der Waals surface area (Å²) in [6, 6.07) is 12.2. The van der Waals surface area contributed by atoms with Crippen molar-refractivity contribution in [3.05, 3.63) is 76.9 Å². The standard InChI is InChI=1S/C33H42F2N2O7P2/c1-22(23-12-14-26(15-13-23)33(34,35)46(42,43-41)44-45-5)19-27(38)20-28(32(2,3)4)30(39)37-17-8-11-29(37)31(40)36-18-16-24-9-6-7-10-25(24)21-36/h6-7,9-10,12-15,19,28-29,41,45H,8,11,16-18,20-21H2,1-5H3/b22-19+/t28-,29?,46?/m1/s1. The summed E-state index contributed by atoms with van der Waals surface area (Å²) in [7, 11) is -5.77. The largest absolute Gasteiger partial charge is 0.433 e. The van der Waals surface area contributed by atoms with E-state index in [9.17, 15) is 27.7 Å². The van der Waals surface area contributed by atoms with E-state index in [0.717, 1.165) is 24.1 Å². The molecule has 13 heteroatoms. The number of carbonyl (C=O) groups excluding carboxylic acids is 3. The molecule has 1 fully saturated rings. The highest BCUT2D eigenvalue weighted by Gasteiger charge is 2.56. The van der Waals surface area contributed by atoms with Crippen LogP contribution in [0.15, 0.2) is 54.6 Å². The van der Waals surface area contributed by atoms with E-state index in [1.165, 1.54) is 30.4 Å². The number of fused-ring (bicyclic) bond motifs is 1. The average molecular weight is 679 g/mol. The number of amides is 2. The number of benzene rings is 2. The van der Waals surface area contributed by atoms with Crippen LogP contribution in [0.25, 0.3) is 5.57 Å². The second kappa shape index (κ2) is 14.5. The van der Waals surface area contributed by atoms with Gasteiger partial charge in [-0.3, -0.25) is 23.3 Å². The van der Waals surface area contributed by atoms with E-state index in [1.54, 1.807) is 11.8 Å². The molecule has 9 nitrogen and oxygen atoms in total. The molecule has 250 valence electrons. The Labute approximate surface area is 270 Å². The van der Waals surface area contributed by atoms with Crippen molar-refractivity contribution < 1.29 is 42.0 Å². The van der Waals surface area contributed by atoms with Crippen LogP contribution in [-0.4, -0.2) is 58.5 Å². The summed E-state index contributed by atoms with van der Waals surface area (Å²) in [4.78, 5) is 44.5. The molecule has 2 aromatic rings. The lowest BCUT2D eigenvalue weighted by molar-refractivity contribution is -0.159. The van der Waals surface area contributed by atoms with Crippen molar-refractivity contribution in [1.29, 1.82) is 0 Å². The van der Waals surface area contributed by atoms with Gasteiger partial charge in [0.1, 0.15) is 6.04 Å². The summed E-state index contributed by atoms with van der Waals surface area (Å²) >= 11 is 0. The Bertz CT molecular complexity index is 1520. The summed E-state index contributed by atoms with van der Waals surface area (Å²) in [6.07, 6.45) is 3.34. The van der Waals surface area contributed by atoms with Crippen molar-refractivity contribution >= 4 is 39.6 Å². The first-order valence-electron chi connectivity index (χ1n) is 15.3. The Hall–Kier alpha value is -2.81. The monoisotopic (exact) mass is 678 g/mol. The van der Waals surface area contributed by atoms with Gasteiger partial charge < -0.3 is 9.80 Å². The number of hydrogen-bond donors (Lipinski definition) is 1. The first kappa shape index (κ1) is 36.0. The maximum Gasteiger partial charge on any atom is 0.433 e. The van der Waals surface area contributed by atoms with Crippen molar-refractivity contribution in [3.63, 3.8) is 0 Å². The third-order valence-electron chi connectivity index (χ3n) is 8.74. The molecule has 0 saturated carbocycles. The van der Waals surface area contributed by atoms with Crippen molar-refractivity contribution in [2.45, 2.75) is 71.6 Å². The molecule has 0 aromatic heterocycles. The number of allylic oxidation sites excluding steroid dienone is 2. The van der Waals surface area contributed by atoms with E-state index >= 15 is 0 Å². The van der Waals surface area contributed by atoms with E-state index < -0.39 is 45.0 Å². The van der Waals surface area contributed by atoms with Gasteiger partial charge in [0.2, 0.25) is 11.8 Å². The Morgan fingerprint density at radius 1 is 1.09 bits per heavy atom. The van der Waals surface area contributed by atoms with Gasteiger partial charge in [0.25, 0.3) is 0 Å². The van der Waals surface area contributed by atoms with Crippen molar-refractivity contribution in [1.82, 2.24) is 9.80 Å². The zero-order chi connectivity index (χ0) is 33.9. The molecule has 0 radical (unpaired) electrons. The highest BCUT2D eigenvalue weighted by molar-refractivity contribution is 7.60. The molecule has 2 heterocycles. The fraction of sp³-hybridized carbons (Fsp3) is 0.485. The molecule has 1 N–H and O–H groups in total.